The lowest BCUT2D eigenvalue weighted by atomic mass is 10.0. The van der Waals surface area contributed by atoms with E-state index in [9.17, 15) is 9.59 Å². The molecule has 1 aromatic carbocycles. The molecule has 1 heterocycles. The Labute approximate surface area is 142 Å². The topological polar surface area (TPSA) is 67.4 Å². The van der Waals surface area contributed by atoms with Crippen molar-refractivity contribution in [1.29, 1.82) is 0 Å². The summed E-state index contributed by atoms with van der Waals surface area (Å²) in [6, 6.07) is 4.80. The van der Waals surface area contributed by atoms with Gasteiger partial charge in [0, 0.05) is 29.2 Å². The van der Waals surface area contributed by atoms with Gasteiger partial charge in [-0.25, -0.2) is 4.79 Å². The van der Waals surface area contributed by atoms with Gasteiger partial charge in [-0.2, -0.15) is 13.5 Å². The molecule has 0 fully saturated rings. The maximum atomic E-state index is 12.3. The summed E-state index contributed by atoms with van der Waals surface area (Å²) >= 11 is 6.12. The van der Waals surface area contributed by atoms with E-state index in [1.165, 1.54) is 0 Å². The van der Waals surface area contributed by atoms with Crippen molar-refractivity contribution in [3.8, 4) is 0 Å². The van der Waals surface area contributed by atoms with Crippen LogP contribution >= 0.6 is 25.1 Å². The molecule has 1 aliphatic rings. The molecular weight excluding hydrogens is 324 g/mol. The first-order chi connectivity index (χ1) is 9.76. The Hall–Kier alpha value is -1.40. The number of benzene rings is 1. The largest absolute Gasteiger partial charge is 0.444 e. The second kappa shape index (κ2) is 7.24. The van der Waals surface area contributed by atoms with E-state index in [1.54, 1.807) is 26.8 Å². The van der Waals surface area contributed by atoms with Crippen LogP contribution in [0.4, 0.5) is 10.5 Å². The van der Waals surface area contributed by atoms with Gasteiger partial charge < -0.3 is 15.4 Å². The van der Waals surface area contributed by atoms with E-state index >= 15 is 0 Å². The maximum Gasteiger partial charge on any atom is 0.408 e. The van der Waals surface area contributed by atoms with Crippen molar-refractivity contribution in [2.75, 3.05) is 11.9 Å². The second-order valence-corrected chi connectivity index (χ2v) is 6.40. The van der Waals surface area contributed by atoms with Crippen LogP contribution in [-0.2, 0) is 16.0 Å². The zero-order valence-corrected chi connectivity index (χ0v) is 14.6. The molecule has 0 unspecified atom stereocenters. The number of nitrogens with one attached hydrogen (secondary N) is 2. The third-order valence-corrected chi connectivity index (χ3v) is 3.40. The molecule has 0 bridgehead atoms. The quantitative estimate of drug-likeness (QED) is 0.822. The van der Waals surface area contributed by atoms with Crippen molar-refractivity contribution in [3.63, 3.8) is 0 Å². The van der Waals surface area contributed by atoms with Crippen LogP contribution in [0.5, 0.6) is 0 Å². The normalized spacial score (nSPS) is 17.5. The van der Waals surface area contributed by atoms with Crippen LogP contribution in [0.25, 0.3) is 0 Å². The van der Waals surface area contributed by atoms with Crippen molar-refractivity contribution in [3.05, 3.63) is 28.8 Å². The molecule has 1 atom stereocenters. The second-order valence-electron chi connectivity index (χ2n) is 5.99. The van der Waals surface area contributed by atoms with Crippen LogP contribution in [0.3, 0.4) is 0 Å². The van der Waals surface area contributed by atoms with Gasteiger partial charge in [-0.1, -0.05) is 17.7 Å². The number of alkyl carbamates (subject to hydrolysis) is 1. The summed E-state index contributed by atoms with van der Waals surface area (Å²) < 4.78 is 5.17. The van der Waals surface area contributed by atoms with Gasteiger partial charge in [0.2, 0.25) is 0 Å². The number of halogens is 1. The number of anilines is 1. The minimum absolute atomic E-state index is 0. The van der Waals surface area contributed by atoms with Gasteiger partial charge in [-0.3, -0.25) is 4.79 Å². The van der Waals surface area contributed by atoms with Gasteiger partial charge >= 0.3 is 6.09 Å². The van der Waals surface area contributed by atoms with E-state index in [0.717, 1.165) is 11.3 Å². The molecule has 0 saturated heterocycles. The zero-order valence-electron chi connectivity index (χ0n) is 12.8. The highest BCUT2D eigenvalue weighted by Crippen LogP contribution is 2.27. The van der Waals surface area contributed by atoms with E-state index in [-0.39, 0.29) is 25.7 Å². The van der Waals surface area contributed by atoms with Crippen molar-refractivity contribution in [2.45, 2.75) is 38.8 Å². The first-order valence-electron chi connectivity index (χ1n) is 6.80. The highest BCUT2D eigenvalue weighted by molar-refractivity contribution is 7.59. The van der Waals surface area contributed by atoms with E-state index in [1.807, 2.05) is 12.1 Å². The number of rotatable bonds is 1. The summed E-state index contributed by atoms with van der Waals surface area (Å²) in [5, 5.41) is 6.29. The summed E-state index contributed by atoms with van der Waals surface area (Å²) in [7, 11) is 0. The van der Waals surface area contributed by atoms with Crippen molar-refractivity contribution >= 4 is 42.7 Å². The molecule has 1 aliphatic heterocycles. The monoisotopic (exact) mass is 344 g/mol. The first-order valence-corrected chi connectivity index (χ1v) is 7.17. The van der Waals surface area contributed by atoms with Gasteiger partial charge in [-0.05, 0) is 32.9 Å². The fourth-order valence-electron chi connectivity index (χ4n) is 2.11. The fraction of sp³-hybridized carbons (Fsp3) is 0.467. The number of ether oxygens (including phenoxy) is 1. The van der Waals surface area contributed by atoms with Crippen molar-refractivity contribution in [1.82, 2.24) is 5.32 Å². The third kappa shape index (κ3) is 4.81. The van der Waals surface area contributed by atoms with Gasteiger partial charge in [0.15, 0.2) is 5.78 Å². The lowest BCUT2D eigenvalue weighted by molar-refractivity contribution is -0.120. The number of hydrogen-bond acceptors (Lipinski definition) is 4. The van der Waals surface area contributed by atoms with Crippen molar-refractivity contribution < 1.29 is 14.3 Å². The lowest BCUT2D eigenvalue weighted by Crippen LogP contribution is -2.46. The number of hydrogen-bond donors (Lipinski definition) is 2. The van der Waals surface area contributed by atoms with E-state index < -0.39 is 17.7 Å². The molecule has 122 valence electrons. The first kappa shape index (κ1) is 18.6. The van der Waals surface area contributed by atoms with Crippen LogP contribution in [-0.4, -0.2) is 30.1 Å². The summed E-state index contributed by atoms with van der Waals surface area (Å²) in [5.74, 6) is -0.0970. The average Bonchev–Trinajstić information content (AvgIpc) is 2.49. The highest BCUT2D eigenvalue weighted by atomic mass is 35.5. The Morgan fingerprint density at radius 2 is 2.09 bits per heavy atom. The number of amides is 1. The SMILES string of the molecule is CC(C)(C)OC(=O)N[C@H]1CNc2cccc(Cl)c2CC1=O.S. The van der Waals surface area contributed by atoms with Crippen molar-refractivity contribution in [2.24, 2.45) is 0 Å². The summed E-state index contributed by atoms with van der Waals surface area (Å²) in [6.07, 6.45) is -0.414. The molecule has 1 aromatic rings. The van der Waals surface area contributed by atoms with Crippen LogP contribution in [0.15, 0.2) is 18.2 Å². The Balaban J connectivity index is 0.00000242. The Bertz CT molecular complexity index is 572. The average molecular weight is 345 g/mol. The van der Waals surface area contributed by atoms with Crippen LogP contribution in [0.2, 0.25) is 5.02 Å². The molecule has 2 N–H and O–H groups in total. The summed E-state index contributed by atoms with van der Waals surface area (Å²) in [5.41, 5.74) is 0.986. The van der Waals surface area contributed by atoms with Gasteiger partial charge in [-0.15, -0.1) is 0 Å². The lowest BCUT2D eigenvalue weighted by Gasteiger charge is -2.22. The molecule has 22 heavy (non-hydrogen) atoms. The van der Waals surface area contributed by atoms with E-state index in [4.69, 9.17) is 16.3 Å². The molecule has 1 amide bonds. The molecule has 5 nitrogen and oxygen atoms in total. The number of carbonyl (C=O) groups is 2. The molecule has 0 aromatic heterocycles. The predicted molar refractivity (Wildman–Crippen MR) is 92.2 cm³/mol. The molecule has 0 spiro atoms. The number of ketones is 1. The third-order valence-electron chi connectivity index (χ3n) is 3.05. The number of carbonyl (C=O) groups excluding carboxylic acids is 2. The van der Waals surface area contributed by atoms with Gasteiger partial charge in [0.25, 0.3) is 0 Å². The molecular formula is C15H21ClN2O3S. The maximum absolute atomic E-state index is 12.3. The Morgan fingerprint density at radius 1 is 1.41 bits per heavy atom. The molecule has 0 saturated carbocycles. The Kier molecular flexibility index (Phi) is 6.14. The summed E-state index contributed by atoms with van der Waals surface area (Å²) in [6.45, 7) is 5.63. The molecule has 2 rings (SSSR count). The minimum atomic E-state index is -0.636. The molecule has 7 heteroatoms. The number of fused-ring (bicyclic) bond motifs is 1. The van der Waals surface area contributed by atoms with Crippen LogP contribution in [0.1, 0.15) is 26.3 Å². The fourth-order valence-corrected chi connectivity index (χ4v) is 2.35. The standard InChI is InChI=1S/C15H19ClN2O3.H2S/c1-15(2,3)21-14(20)18-12-8-17-11-6-4-5-10(16)9(11)7-13(12)19;/h4-6,12,17H,7-8H2,1-3H3,(H,18,20);1H2/t12-;/m0./s1. The van der Waals surface area contributed by atoms with Gasteiger partial charge in [0.05, 0.1) is 0 Å². The zero-order chi connectivity index (χ0) is 15.6. The number of Topliss-reactive ketones (excluding diaryl/α,β-unsaturated/α-hetero) is 1. The molecule has 0 radical (unpaired) electrons. The predicted octanol–water partition coefficient (Wildman–Crippen LogP) is 2.88. The Morgan fingerprint density at radius 3 is 2.73 bits per heavy atom. The highest BCUT2D eigenvalue weighted by Gasteiger charge is 2.28. The van der Waals surface area contributed by atoms with Crippen LogP contribution < -0.4 is 10.6 Å². The van der Waals surface area contributed by atoms with E-state index in [2.05, 4.69) is 10.6 Å². The van der Waals surface area contributed by atoms with Crippen LogP contribution in [0, 0.1) is 0 Å². The minimum Gasteiger partial charge on any atom is -0.444 e. The van der Waals surface area contributed by atoms with Gasteiger partial charge in [0.1, 0.15) is 11.6 Å². The smallest absolute Gasteiger partial charge is 0.408 e. The van der Waals surface area contributed by atoms with E-state index in [0.29, 0.717) is 11.6 Å². The molecule has 0 aliphatic carbocycles. The summed E-state index contributed by atoms with van der Waals surface area (Å²) in [4.78, 5) is 24.0.